The first kappa shape index (κ1) is 16.4. The van der Waals surface area contributed by atoms with E-state index in [4.69, 9.17) is 5.73 Å². The third-order valence-electron chi connectivity index (χ3n) is 2.69. The van der Waals surface area contributed by atoms with Gasteiger partial charge < -0.3 is 11.1 Å². The fourth-order valence-electron chi connectivity index (χ4n) is 1.71. The van der Waals surface area contributed by atoms with E-state index in [0.29, 0.717) is 31.7 Å². The maximum absolute atomic E-state index is 11.6. The van der Waals surface area contributed by atoms with Gasteiger partial charge in [-0.05, 0) is 6.42 Å². The normalized spacial score (nSPS) is 11.8. The van der Waals surface area contributed by atoms with Gasteiger partial charge in [-0.3, -0.25) is 9.48 Å². The second kappa shape index (κ2) is 7.25. The van der Waals surface area contributed by atoms with Gasteiger partial charge in [-0.15, -0.1) is 0 Å². The highest BCUT2D eigenvalue weighted by Gasteiger charge is 2.13. The van der Waals surface area contributed by atoms with E-state index in [9.17, 15) is 13.2 Å². The zero-order chi connectivity index (χ0) is 15.2. The summed E-state index contributed by atoms with van der Waals surface area (Å²) in [6, 6.07) is 0. The molecule has 0 aliphatic carbocycles. The number of nitrogen functional groups attached to an aromatic ring is 1. The van der Waals surface area contributed by atoms with Crippen LogP contribution in [0.25, 0.3) is 0 Å². The van der Waals surface area contributed by atoms with E-state index in [2.05, 4.69) is 10.4 Å². The van der Waals surface area contributed by atoms with Crippen molar-refractivity contribution in [1.82, 2.24) is 19.4 Å². The first-order valence-electron chi connectivity index (χ1n) is 6.32. The molecule has 1 heterocycles. The summed E-state index contributed by atoms with van der Waals surface area (Å²) >= 11 is 0. The largest absolute Gasteiger partial charge is 0.396 e. The first-order chi connectivity index (χ1) is 9.32. The quantitative estimate of drug-likeness (QED) is 0.614. The van der Waals surface area contributed by atoms with Crippen LogP contribution in [-0.4, -0.2) is 54.3 Å². The molecule has 0 unspecified atom stereocenters. The summed E-state index contributed by atoms with van der Waals surface area (Å²) in [6.07, 6.45) is 4.78. The molecule has 1 rings (SSSR count). The number of nitrogens with two attached hydrogens (primary N) is 1. The van der Waals surface area contributed by atoms with E-state index >= 15 is 0 Å². The molecule has 1 aromatic heterocycles. The monoisotopic (exact) mass is 303 g/mol. The maximum Gasteiger partial charge on any atom is 0.241 e. The average Bonchev–Trinajstić information content (AvgIpc) is 2.73. The highest BCUT2D eigenvalue weighted by Crippen LogP contribution is 1.99. The van der Waals surface area contributed by atoms with E-state index < -0.39 is 10.0 Å². The Hall–Kier alpha value is -1.61. The second-order valence-corrected chi connectivity index (χ2v) is 6.41. The maximum atomic E-state index is 11.6. The fourth-order valence-corrected chi connectivity index (χ4v) is 2.64. The highest BCUT2D eigenvalue weighted by molar-refractivity contribution is 7.88. The lowest BCUT2D eigenvalue weighted by atomic mass is 10.4. The molecule has 114 valence electrons. The molecule has 0 radical (unpaired) electrons. The molecule has 0 aliphatic heterocycles. The lowest BCUT2D eigenvalue weighted by molar-refractivity contribution is -0.121. The molecular formula is C11H21N5O3S. The number of rotatable bonds is 8. The van der Waals surface area contributed by atoms with Gasteiger partial charge in [-0.1, -0.05) is 6.92 Å². The van der Waals surface area contributed by atoms with Gasteiger partial charge in [0.15, 0.2) is 0 Å². The molecule has 0 saturated heterocycles. The molecule has 9 heteroatoms. The van der Waals surface area contributed by atoms with Gasteiger partial charge in [-0.2, -0.15) is 5.10 Å². The van der Waals surface area contributed by atoms with Crippen molar-refractivity contribution in [3.63, 3.8) is 0 Å². The Bertz CT molecular complexity index is 540. The van der Waals surface area contributed by atoms with Crippen LogP contribution in [0, 0.1) is 0 Å². The Balaban J connectivity index is 2.25. The standard InChI is InChI=1S/C11H21N5O3S/c1-3-16(20(2,18)19)6-4-5-13-11(17)9-15-8-10(12)7-14-15/h7-8H,3-6,9,12H2,1-2H3,(H,13,17). The number of nitrogens with one attached hydrogen (secondary N) is 1. The number of carbonyl (C=O) groups excluding carboxylic acids is 1. The Kier molecular flexibility index (Phi) is 5.96. The van der Waals surface area contributed by atoms with Crippen LogP contribution in [0.4, 0.5) is 5.69 Å². The number of hydrogen-bond acceptors (Lipinski definition) is 5. The average molecular weight is 303 g/mol. The minimum absolute atomic E-state index is 0.0980. The molecule has 20 heavy (non-hydrogen) atoms. The van der Waals surface area contributed by atoms with Crippen molar-refractivity contribution in [2.45, 2.75) is 19.9 Å². The molecule has 1 amide bonds. The van der Waals surface area contributed by atoms with Crippen LogP contribution in [0.2, 0.25) is 0 Å². The highest BCUT2D eigenvalue weighted by atomic mass is 32.2. The molecule has 0 spiro atoms. The zero-order valence-corrected chi connectivity index (χ0v) is 12.6. The molecule has 3 N–H and O–H groups in total. The lowest BCUT2D eigenvalue weighted by Crippen LogP contribution is -2.34. The zero-order valence-electron chi connectivity index (χ0n) is 11.7. The molecular weight excluding hydrogens is 282 g/mol. The van der Waals surface area contributed by atoms with E-state index in [0.717, 1.165) is 0 Å². The van der Waals surface area contributed by atoms with Crippen molar-refractivity contribution in [2.75, 3.05) is 31.6 Å². The summed E-state index contributed by atoms with van der Waals surface area (Å²) in [7, 11) is -3.17. The number of anilines is 1. The number of sulfonamides is 1. The molecule has 1 aromatic rings. The number of nitrogens with zero attached hydrogens (tertiary/aromatic N) is 3. The van der Waals surface area contributed by atoms with Crippen molar-refractivity contribution in [3.8, 4) is 0 Å². The van der Waals surface area contributed by atoms with E-state index in [1.54, 1.807) is 13.1 Å². The van der Waals surface area contributed by atoms with Crippen molar-refractivity contribution in [1.29, 1.82) is 0 Å². The molecule has 8 nitrogen and oxygen atoms in total. The van der Waals surface area contributed by atoms with Crippen LogP contribution in [0.15, 0.2) is 12.4 Å². The van der Waals surface area contributed by atoms with Gasteiger partial charge in [0.1, 0.15) is 6.54 Å². The SMILES string of the molecule is CCN(CCCNC(=O)Cn1cc(N)cn1)S(C)(=O)=O. The second-order valence-electron chi connectivity index (χ2n) is 4.43. The van der Waals surface area contributed by atoms with Crippen LogP contribution in [0.3, 0.4) is 0 Å². The lowest BCUT2D eigenvalue weighted by Gasteiger charge is -2.17. The molecule has 0 bridgehead atoms. The molecule has 0 aliphatic rings. The number of amides is 1. The number of carbonyl (C=O) groups is 1. The molecule has 0 saturated carbocycles. The topological polar surface area (TPSA) is 110 Å². The summed E-state index contributed by atoms with van der Waals surface area (Å²) < 4.78 is 25.5. The van der Waals surface area contributed by atoms with Gasteiger partial charge in [0, 0.05) is 25.8 Å². The first-order valence-corrected chi connectivity index (χ1v) is 8.17. The summed E-state index contributed by atoms with van der Waals surface area (Å²) in [6.45, 7) is 3.12. The Labute approximate surface area is 119 Å². The van der Waals surface area contributed by atoms with Crippen LogP contribution >= 0.6 is 0 Å². The predicted octanol–water partition coefficient (Wildman–Crippen LogP) is -0.747. The van der Waals surface area contributed by atoms with E-state index in [-0.39, 0.29) is 12.5 Å². The summed E-state index contributed by atoms with van der Waals surface area (Å²) in [5.74, 6) is -0.185. The number of hydrogen-bond donors (Lipinski definition) is 2. The van der Waals surface area contributed by atoms with Gasteiger partial charge >= 0.3 is 0 Å². The summed E-state index contributed by atoms with van der Waals surface area (Å²) in [5.41, 5.74) is 5.99. The fraction of sp³-hybridized carbons (Fsp3) is 0.636. The van der Waals surface area contributed by atoms with E-state index in [1.807, 2.05) is 0 Å². The minimum Gasteiger partial charge on any atom is -0.396 e. The van der Waals surface area contributed by atoms with Crippen LogP contribution in [-0.2, 0) is 21.4 Å². The Morgan fingerprint density at radius 3 is 2.75 bits per heavy atom. The third kappa shape index (κ3) is 5.57. The molecule has 0 aromatic carbocycles. The van der Waals surface area contributed by atoms with Crippen LogP contribution in [0.5, 0.6) is 0 Å². The van der Waals surface area contributed by atoms with Gasteiger partial charge in [0.05, 0.1) is 18.1 Å². The van der Waals surface area contributed by atoms with Crippen molar-refractivity contribution in [3.05, 3.63) is 12.4 Å². The van der Waals surface area contributed by atoms with Crippen molar-refractivity contribution >= 4 is 21.6 Å². The van der Waals surface area contributed by atoms with Gasteiger partial charge in [0.25, 0.3) is 0 Å². The minimum atomic E-state index is -3.17. The van der Waals surface area contributed by atoms with E-state index in [1.165, 1.54) is 21.4 Å². The van der Waals surface area contributed by atoms with Crippen molar-refractivity contribution < 1.29 is 13.2 Å². The molecule has 0 fully saturated rings. The summed E-state index contributed by atoms with van der Waals surface area (Å²) in [5, 5.41) is 6.61. The van der Waals surface area contributed by atoms with Gasteiger partial charge in [-0.25, -0.2) is 12.7 Å². The van der Waals surface area contributed by atoms with Crippen LogP contribution < -0.4 is 11.1 Å². The van der Waals surface area contributed by atoms with Gasteiger partial charge in [0.2, 0.25) is 15.9 Å². The smallest absolute Gasteiger partial charge is 0.241 e. The van der Waals surface area contributed by atoms with Crippen molar-refractivity contribution in [2.24, 2.45) is 0 Å². The Morgan fingerprint density at radius 2 is 2.25 bits per heavy atom. The summed E-state index contributed by atoms with van der Waals surface area (Å²) in [4.78, 5) is 11.6. The third-order valence-corrected chi connectivity index (χ3v) is 4.07. The van der Waals surface area contributed by atoms with Crippen LogP contribution in [0.1, 0.15) is 13.3 Å². The number of aromatic nitrogens is 2. The molecule has 0 atom stereocenters. The Morgan fingerprint density at radius 1 is 1.55 bits per heavy atom. The predicted molar refractivity (Wildman–Crippen MR) is 76.4 cm³/mol.